The molecule has 0 saturated heterocycles. The third kappa shape index (κ3) is 14.6. The number of benzene rings is 4. The fourth-order valence-corrected chi connectivity index (χ4v) is 9.83. The molecule has 3 unspecified atom stereocenters. The molecule has 12 nitrogen and oxygen atoms in total. The van der Waals surface area contributed by atoms with Crippen LogP contribution in [0.4, 0.5) is 8.78 Å². The number of methoxy groups -OCH3 is 2. The van der Waals surface area contributed by atoms with E-state index in [1.165, 1.54) is 34.9 Å². The van der Waals surface area contributed by atoms with E-state index in [1.54, 1.807) is 128 Å². The number of pyridine rings is 2. The second-order valence-electron chi connectivity index (χ2n) is 16.5. The standard InChI is InChI=1S/C27H27ClFN3O3S.C15H14BrClFNOS.C12H12N2O2/c1-17-14-31(16-30-17)24-9-6-19(12-25(24)35-2)26(33)22-13-20(28)15-32(27(22)34)23(10-11-36-3)18-4-7-21(29)8-5-18;1-21-7-6-14(10-2-4-12(18)5-3-10)19-9-11(17)8-13(16)15(19)20;1-9-6-14(8-13-9)11-4-3-10(7-15)5-12(11)16-2/h4-9,12-16,23,26,33H,10-11H2,1-3H3;2-5,8-9,14H,6-7H2,1H3;3-8H,1-2H3. The summed E-state index contributed by atoms with van der Waals surface area (Å²) in [5, 5.41) is 12.1. The summed E-state index contributed by atoms with van der Waals surface area (Å²) < 4.78 is 44.7. The molecule has 0 aliphatic rings. The molecule has 0 aliphatic heterocycles. The summed E-state index contributed by atoms with van der Waals surface area (Å²) in [5.41, 5.74) is 5.81. The minimum absolute atomic E-state index is 0.144. The molecule has 1 N–H and O–H groups in total. The van der Waals surface area contributed by atoms with Gasteiger partial charge >= 0.3 is 0 Å². The monoisotopic (exact) mass is 1130 g/mol. The van der Waals surface area contributed by atoms with Crippen LogP contribution >= 0.6 is 62.7 Å². The molecule has 8 aromatic rings. The molecular formula is C54H53BrCl2F2N6O6S2. The van der Waals surface area contributed by atoms with E-state index in [0.29, 0.717) is 43.6 Å². The van der Waals surface area contributed by atoms with Gasteiger partial charge < -0.3 is 32.8 Å². The molecule has 0 fully saturated rings. The number of halogens is 5. The molecule has 3 atom stereocenters. The first-order valence-corrected chi connectivity index (χ1v) is 26.9. The number of aldehydes is 1. The molecular weight excluding hydrogens is 1080 g/mol. The van der Waals surface area contributed by atoms with Crippen LogP contribution in [0, 0.1) is 25.5 Å². The Morgan fingerprint density at radius 3 is 1.56 bits per heavy atom. The number of imidazole rings is 2. The van der Waals surface area contributed by atoms with Crippen molar-refractivity contribution in [3.63, 3.8) is 0 Å². The number of hydrogen-bond acceptors (Lipinski definition) is 10. The van der Waals surface area contributed by atoms with Gasteiger partial charge in [0.1, 0.15) is 35.5 Å². The maximum atomic E-state index is 13.6. The van der Waals surface area contributed by atoms with E-state index < -0.39 is 6.10 Å². The van der Waals surface area contributed by atoms with Gasteiger partial charge in [0, 0.05) is 30.4 Å². The summed E-state index contributed by atoms with van der Waals surface area (Å²) in [6, 6.07) is 25.4. The Bertz CT molecular complexity index is 3240. The maximum absolute atomic E-state index is 13.6. The molecule has 0 amide bonds. The van der Waals surface area contributed by atoms with E-state index in [1.807, 2.05) is 54.0 Å². The molecule has 4 aromatic carbocycles. The Balaban J connectivity index is 0.000000198. The lowest BCUT2D eigenvalue weighted by Gasteiger charge is -2.23. The summed E-state index contributed by atoms with van der Waals surface area (Å²) in [6.07, 6.45) is 15.3. The first-order valence-electron chi connectivity index (χ1n) is 22.6. The second kappa shape index (κ2) is 26.8. The van der Waals surface area contributed by atoms with Crippen molar-refractivity contribution >= 4 is 68.9 Å². The van der Waals surface area contributed by atoms with Gasteiger partial charge in [0.15, 0.2) is 0 Å². The van der Waals surface area contributed by atoms with E-state index >= 15 is 0 Å². The molecule has 4 heterocycles. The Morgan fingerprint density at radius 1 is 0.658 bits per heavy atom. The number of aryl methyl sites for hydroxylation is 2. The van der Waals surface area contributed by atoms with Crippen LogP contribution in [-0.2, 0) is 0 Å². The lowest BCUT2D eigenvalue weighted by molar-refractivity contribution is 0.112. The van der Waals surface area contributed by atoms with Crippen LogP contribution in [-0.4, -0.2) is 77.9 Å². The Hall–Kier alpha value is -5.95. The molecule has 0 bridgehead atoms. The number of carbonyl (C=O) groups is 1. The number of aliphatic hydroxyl groups is 1. The number of nitrogens with zero attached hydrogens (tertiary/aromatic N) is 6. The molecule has 4 aromatic heterocycles. The van der Waals surface area contributed by atoms with Crippen LogP contribution in [0.3, 0.4) is 0 Å². The largest absolute Gasteiger partial charge is 0.495 e. The summed E-state index contributed by atoms with van der Waals surface area (Å²) in [5.74, 6) is 2.21. The highest BCUT2D eigenvalue weighted by molar-refractivity contribution is 9.10. The highest BCUT2D eigenvalue weighted by atomic mass is 79.9. The quantitative estimate of drug-likeness (QED) is 0.0878. The van der Waals surface area contributed by atoms with Gasteiger partial charge in [-0.3, -0.25) is 14.4 Å². The van der Waals surface area contributed by atoms with Crippen molar-refractivity contribution in [1.82, 2.24) is 28.2 Å². The number of aromatic nitrogens is 6. The SMILES string of the molecule is COc1cc(C(O)c2cc(Cl)cn(C(CCSC)c3ccc(F)cc3)c2=O)ccc1-n1cnc(C)c1.COc1cc(C=O)ccc1-n1cnc(C)c1.CSCCC(c1ccc(F)cc1)n1cc(Cl)cc(Br)c1=O. The van der Waals surface area contributed by atoms with E-state index in [9.17, 15) is 28.3 Å². The van der Waals surface area contributed by atoms with Crippen molar-refractivity contribution in [3.05, 3.63) is 221 Å². The number of ether oxygens (including phenoxy) is 2. The lowest BCUT2D eigenvalue weighted by atomic mass is 10.00. The van der Waals surface area contributed by atoms with Gasteiger partial charge in [-0.15, -0.1) is 0 Å². The van der Waals surface area contributed by atoms with Crippen LogP contribution in [0.2, 0.25) is 10.0 Å². The van der Waals surface area contributed by atoms with E-state index in [4.69, 9.17) is 32.7 Å². The van der Waals surface area contributed by atoms with Gasteiger partial charge in [-0.1, -0.05) is 53.5 Å². The minimum Gasteiger partial charge on any atom is -0.495 e. The highest BCUT2D eigenvalue weighted by Crippen LogP contribution is 2.32. The Morgan fingerprint density at radius 2 is 1.11 bits per heavy atom. The van der Waals surface area contributed by atoms with Crippen LogP contribution in [0.15, 0.2) is 149 Å². The third-order valence-electron chi connectivity index (χ3n) is 11.5. The Labute approximate surface area is 449 Å². The van der Waals surface area contributed by atoms with E-state index in [0.717, 1.165) is 58.1 Å². The van der Waals surface area contributed by atoms with Crippen molar-refractivity contribution in [3.8, 4) is 22.9 Å². The van der Waals surface area contributed by atoms with Crippen molar-refractivity contribution < 1.29 is 28.2 Å². The minimum atomic E-state index is -1.23. The lowest BCUT2D eigenvalue weighted by Crippen LogP contribution is -2.30. The first kappa shape index (κ1) is 56.3. The normalized spacial score (nSPS) is 12.2. The molecule has 382 valence electrons. The van der Waals surface area contributed by atoms with Crippen molar-refractivity contribution in [2.75, 3.05) is 38.2 Å². The van der Waals surface area contributed by atoms with E-state index in [-0.39, 0.29) is 40.4 Å². The first-order chi connectivity index (χ1) is 35.1. The average molecular weight is 1130 g/mol. The Kier molecular flexibility index (Phi) is 20.7. The number of aliphatic hydroxyl groups excluding tert-OH is 1. The fourth-order valence-electron chi connectivity index (χ4n) is 7.89. The average Bonchev–Trinajstić information content (AvgIpc) is 4.04. The van der Waals surface area contributed by atoms with Crippen LogP contribution in [0.5, 0.6) is 11.5 Å². The number of carbonyl (C=O) groups excluding carboxylic acids is 1. The molecule has 73 heavy (non-hydrogen) atoms. The van der Waals surface area contributed by atoms with Gasteiger partial charge in [-0.25, -0.2) is 18.7 Å². The zero-order valence-electron chi connectivity index (χ0n) is 40.7. The predicted octanol–water partition coefficient (Wildman–Crippen LogP) is 12.3. The van der Waals surface area contributed by atoms with Gasteiger partial charge in [-0.2, -0.15) is 23.5 Å². The maximum Gasteiger partial charge on any atom is 0.265 e. The van der Waals surface area contributed by atoms with Crippen LogP contribution in [0.1, 0.15) is 75.0 Å². The third-order valence-corrected chi connectivity index (χ3v) is 13.8. The summed E-state index contributed by atoms with van der Waals surface area (Å²) in [6.45, 7) is 3.81. The van der Waals surface area contributed by atoms with Crippen molar-refractivity contribution in [1.29, 1.82) is 0 Å². The molecule has 8 rings (SSSR count). The molecule has 0 saturated carbocycles. The summed E-state index contributed by atoms with van der Waals surface area (Å²) in [7, 11) is 3.13. The smallest absolute Gasteiger partial charge is 0.265 e. The fraction of sp³-hybridized carbons (Fsp3) is 0.241. The molecule has 0 radical (unpaired) electrons. The van der Waals surface area contributed by atoms with Crippen molar-refractivity contribution in [2.45, 2.75) is 44.9 Å². The van der Waals surface area contributed by atoms with Gasteiger partial charge in [-0.05, 0) is 150 Å². The molecule has 0 aliphatic carbocycles. The summed E-state index contributed by atoms with van der Waals surface area (Å²) in [4.78, 5) is 45.0. The number of rotatable bonds is 17. The van der Waals surface area contributed by atoms with E-state index in [2.05, 4.69) is 25.9 Å². The van der Waals surface area contributed by atoms with Gasteiger partial charge in [0.25, 0.3) is 11.1 Å². The van der Waals surface area contributed by atoms with Gasteiger partial charge in [0.05, 0.1) is 81.8 Å². The number of thioether (sulfide) groups is 2. The molecule has 19 heteroatoms. The van der Waals surface area contributed by atoms with Crippen LogP contribution in [0.25, 0.3) is 11.4 Å². The second-order valence-corrected chi connectivity index (χ2v) is 20.2. The molecule has 0 spiro atoms. The van der Waals surface area contributed by atoms with Gasteiger partial charge in [0.2, 0.25) is 0 Å². The van der Waals surface area contributed by atoms with Crippen molar-refractivity contribution in [2.24, 2.45) is 0 Å². The zero-order valence-corrected chi connectivity index (χ0v) is 45.4. The predicted molar refractivity (Wildman–Crippen MR) is 293 cm³/mol. The zero-order chi connectivity index (χ0) is 52.8. The highest BCUT2D eigenvalue weighted by Gasteiger charge is 2.23. The number of hydrogen-bond donors (Lipinski definition) is 1. The summed E-state index contributed by atoms with van der Waals surface area (Å²) >= 11 is 19.1. The topological polar surface area (TPSA) is 135 Å². The van der Waals surface area contributed by atoms with Crippen LogP contribution < -0.4 is 20.6 Å².